The lowest BCUT2D eigenvalue weighted by Crippen LogP contribution is -2.37. The minimum Gasteiger partial charge on any atom is -0.375 e. The van der Waals surface area contributed by atoms with Crippen molar-refractivity contribution in [2.24, 2.45) is 23.3 Å². The quantitative estimate of drug-likeness (QED) is 0.713. The molecule has 4 aliphatic carbocycles. The normalized spacial score (nSPS) is 45.6. The maximum atomic E-state index is 6.44. The minimum atomic E-state index is 0.372. The summed E-state index contributed by atoms with van der Waals surface area (Å²) < 4.78 is 12.9. The fourth-order valence-corrected chi connectivity index (χ4v) is 6.55. The number of hydrogen-bond donors (Lipinski definition) is 2. The van der Waals surface area contributed by atoms with E-state index in [0.29, 0.717) is 36.5 Å². The zero-order chi connectivity index (χ0) is 19.3. The SMILES string of the molecule is NC1CCCC(OC2CCC(C3CCC(OC4CCCC(N)C4)CC3)CC2)C1. The molecule has 0 aromatic carbocycles. The molecular formula is C24H44N2O2. The summed E-state index contributed by atoms with van der Waals surface area (Å²) in [6, 6.07) is 0.744. The van der Waals surface area contributed by atoms with Gasteiger partial charge >= 0.3 is 0 Å². The molecule has 0 amide bonds. The van der Waals surface area contributed by atoms with E-state index in [4.69, 9.17) is 20.9 Å². The first kappa shape index (κ1) is 21.1. The average Bonchev–Trinajstić information content (AvgIpc) is 2.69. The van der Waals surface area contributed by atoms with Crippen molar-refractivity contribution < 1.29 is 9.47 Å². The highest BCUT2D eigenvalue weighted by atomic mass is 16.5. The van der Waals surface area contributed by atoms with Gasteiger partial charge in [0.15, 0.2) is 0 Å². The third-order valence-corrected chi connectivity index (χ3v) is 8.21. The molecule has 0 bridgehead atoms. The molecule has 4 N–H and O–H groups in total. The zero-order valence-corrected chi connectivity index (χ0v) is 17.9. The predicted molar refractivity (Wildman–Crippen MR) is 114 cm³/mol. The lowest BCUT2D eigenvalue weighted by Gasteiger charge is -2.40. The van der Waals surface area contributed by atoms with Gasteiger partial charge in [-0.25, -0.2) is 0 Å². The van der Waals surface area contributed by atoms with Gasteiger partial charge < -0.3 is 20.9 Å². The second kappa shape index (κ2) is 10.2. The van der Waals surface area contributed by atoms with Gasteiger partial charge in [0.25, 0.3) is 0 Å². The van der Waals surface area contributed by atoms with Gasteiger partial charge in [-0.2, -0.15) is 0 Å². The molecule has 4 rings (SSSR count). The molecule has 0 saturated heterocycles. The lowest BCUT2D eigenvalue weighted by molar-refractivity contribution is -0.0698. The number of ether oxygens (including phenoxy) is 2. The first-order valence-corrected chi connectivity index (χ1v) is 12.5. The van der Waals surface area contributed by atoms with Crippen molar-refractivity contribution in [1.29, 1.82) is 0 Å². The van der Waals surface area contributed by atoms with E-state index in [1.54, 1.807) is 0 Å². The Balaban J connectivity index is 1.13. The monoisotopic (exact) mass is 392 g/mol. The van der Waals surface area contributed by atoms with E-state index in [2.05, 4.69) is 0 Å². The second-order valence-electron chi connectivity index (χ2n) is 10.4. The summed E-state index contributed by atoms with van der Waals surface area (Å²) in [5.74, 6) is 1.86. The molecule has 0 spiro atoms. The molecule has 4 heteroatoms. The number of hydrogen-bond acceptors (Lipinski definition) is 4. The van der Waals surface area contributed by atoms with Gasteiger partial charge in [-0.1, -0.05) is 0 Å². The van der Waals surface area contributed by atoms with Crippen molar-refractivity contribution in [2.75, 3.05) is 0 Å². The molecule has 4 unspecified atom stereocenters. The summed E-state index contributed by atoms with van der Waals surface area (Å²) in [7, 11) is 0. The summed E-state index contributed by atoms with van der Waals surface area (Å²) in [5, 5.41) is 0. The van der Waals surface area contributed by atoms with E-state index in [9.17, 15) is 0 Å². The smallest absolute Gasteiger partial charge is 0.0593 e. The predicted octanol–water partition coefficient (Wildman–Crippen LogP) is 4.68. The van der Waals surface area contributed by atoms with Gasteiger partial charge in [0.2, 0.25) is 0 Å². The van der Waals surface area contributed by atoms with E-state index >= 15 is 0 Å². The molecule has 162 valence electrons. The average molecular weight is 393 g/mol. The maximum absolute atomic E-state index is 6.44. The molecule has 4 atom stereocenters. The molecular weight excluding hydrogens is 348 g/mol. The third-order valence-electron chi connectivity index (χ3n) is 8.21. The molecule has 0 aromatic rings. The molecule has 0 heterocycles. The molecule has 4 fully saturated rings. The summed E-state index contributed by atoms with van der Waals surface area (Å²) in [4.78, 5) is 0. The Morgan fingerprint density at radius 1 is 0.429 bits per heavy atom. The highest BCUT2D eigenvalue weighted by Crippen LogP contribution is 2.40. The minimum absolute atomic E-state index is 0.372. The lowest BCUT2D eigenvalue weighted by atomic mass is 9.72. The van der Waals surface area contributed by atoms with Gasteiger partial charge in [-0.05, 0) is 115 Å². The largest absolute Gasteiger partial charge is 0.375 e. The molecule has 0 aliphatic heterocycles. The Labute approximate surface area is 172 Å². The summed E-state index contributed by atoms with van der Waals surface area (Å²) >= 11 is 0. The number of nitrogens with two attached hydrogens (primary N) is 2. The molecule has 4 nitrogen and oxygen atoms in total. The summed E-state index contributed by atoms with van der Waals surface area (Å²) in [6.45, 7) is 0. The Bertz CT molecular complexity index is 416. The molecule has 28 heavy (non-hydrogen) atoms. The van der Waals surface area contributed by atoms with Crippen LogP contribution in [0.4, 0.5) is 0 Å². The highest BCUT2D eigenvalue weighted by molar-refractivity contribution is 4.85. The highest BCUT2D eigenvalue weighted by Gasteiger charge is 2.33. The van der Waals surface area contributed by atoms with E-state index in [1.165, 1.54) is 89.9 Å². The van der Waals surface area contributed by atoms with Gasteiger partial charge in [-0.15, -0.1) is 0 Å². The van der Waals surface area contributed by atoms with Crippen molar-refractivity contribution in [2.45, 2.75) is 139 Å². The van der Waals surface area contributed by atoms with Crippen molar-refractivity contribution >= 4 is 0 Å². The maximum Gasteiger partial charge on any atom is 0.0593 e. The van der Waals surface area contributed by atoms with E-state index < -0.39 is 0 Å². The van der Waals surface area contributed by atoms with Crippen LogP contribution in [0.5, 0.6) is 0 Å². The van der Waals surface area contributed by atoms with E-state index in [1.807, 2.05) is 0 Å². The van der Waals surface area contributed by atoms with Crippen molar-refractivity contribution in [3.63, 3.8) is 0 Å². The Morgan fingerprint density at radius 3 is 1.18 bits per heavy atom. The Kier molecular flexibility index (Phi) is 7.71. The number of rotatable bonds is 5. The van der Waals surface area contributed by atoms with Crippen molar-refractivity contribution in [3.8, 4) is 0 Å². The Morgan fingerprint density at radius 2 is 0.821 bits per heavy atom. The van der Waals surface area contributed by atoms with Crippen LogP contribution in [-0.2, 0) is 9.47 Å². The van der Waals surface area contributed by atoms with Crippen LogP contribution in [0.25, 0.3) is 0 Å². The van der Waals surface area contributed by atoms with Crippen LogP contribution >= 0.6 is 0 Å². The van der Waals surface area contributed by atoms with Gasteiger partial charge in [0, 0.05) is 12.1 Å². The fourth-order valence-electron chi connectivity index (χ4n) is 6.55. The molecule has 4 aliphatic rings. The molecule has 0 radical (unpaired) electrons. The standard InChI is InChI=1S/C24H44N2O2/c25-19-3-1-5-23(15-19)27-21-11-7-17(8-12-21)18-9-13-22(14-10-18)28-24-6-2-4-20(26)16-24/h17-24H,1-16,25-26H2. The van der Waals surface area contributed by atoms with Crippen LogP contribution in [0, 0.1) is 11.8 Å². The van der Waals surface area contributed by atoms with Crippen LogP contribution < -0.4 is 11.5 Å². The van der Waals surface area contributed by atoms with Crippen LogP contribution in [0.2, 0.25) is 0 Å². The Hall–Kier alpha value is -0.160. The topological polar surface area (TPSA) is 70.5 Å². The van der Waals surface area contributed by atoms with Crippen LogP contribution in [0.15, 0.2) is 0 Å². The molecule has 0 aromatic heterocycles. The zero-order valence-electron chi connectivity index (χ0n) is 17.9. The summed E-state index contributed by atoms with van der Waals surface area (Å²) in [5.41, 5.74) is 12.3. The van der Waals surface area contributed by atoms with Crippen LogP contribution in [0.3, 0.4) is 0 Å². The fraction of sp³-hybridized carbons (Fsp3) is 1.00. The van der Waals surface area contributed by atoms with Gasteiger partial charge in [0.05, 0.1) is 24.4 Å². The van der Waals surface area contributed by atoms with E-state index in [0.717, 1.165) is 24.7 Å². The van der Waals surface area contributed by atoms with Crippen molar-refractivity contribution in [1.82, 2.24) is 0 Å². The van der Waals surface area contributed by atoms with Gasteiger partial charge in [-0.3, -0.25) is 0 Å². The second-order valence-corrected chi connectivity index (χ2v) is 10.4. The first-order chi connectivity index (χ1) is 13.7. The van der Waals surface area contributed by atoms with Gasteiger partial charge in [0.1, 0.15) is 0 Å². The van der Waals surface area contributed by atoms with Crippen LogP contribution in [-0.4, -0.2) is 36.5 Å². The van der Waals surface area contributed by atoms with E-state index in [-0.39, 0.29) is 0 Å². The summed E-state index contributed by atoms with van der Waals surface area (Å²) in [6.07, 6.45) is 21.9. The molecule has 4 saturated carbocycles. The first-order valence-electron chi connectivity index (χ1n) is 12.5. The van der Waals surface area contributed by atoms with Crippen LogP contribution in [0.1, 0.15) is 103 Å². The van der Waals surface area contributed by atoms with Crippen molar-refractivity contribution in [3.05, 3.63) is 0 Å². The third kappa shape index (κ3) is 5.93.